The van der Waals surface area contributed by atoms with E-state index in [1.807, 2.05) is 6.20 Å². The molecule has 0 spiro atoms. The van der Waals surface area contributed by atoms with Crippen molar-refractivity contribution in [1.82, 2.24) is 9.78 Å². The van der Waals surface area contributed by atoms with Crippen LogP contribution in [0.25, 0.3) is 0 Å². The first-order valence-electron chi connectivity index (χ1n) is 5.24. The normalized spacial score (nSPS) is 13.6. The highest BCUT2D eigenvalue weighted by Gasteiger charge is 2.16. The van der Waals surface area contributed by atoms with E-state index < -0.39 is 0 Å². The van der Waals surface area contributed by atoms with Gasteiger partial charge in [0.05, 0.1) is 6.20 Å². The summed E-state index contributed by atoms with van der Waals surface area (Å²) in [6, 6.07) is 0.500. The number of rotatable bonds is 4. The van der Waals surface area contributed by atoms with Crippen LogP contribution in [0, 0.1) is 0 Å². The molecule has 1 unspecified atom stereocenters. The molecule has 2 nitrogen and oxygen atoms in total. The Morgan fingerprint density at radius 2 is 2.07 bits per heavy atom. The van der Waals surface area contributed by atoms with Gasteiger partial charge < -0.3 is 0 Å². The van der Waals surface area contributed by atoms with Crippen LogP contribution in [0.1, 0.15) is 57.3 Å². The molecule has 0 aliphatic carbocycles. The summed E-state index contributed by atoms with van der Waals surface area (Å²) in [5, 5.41) is 5.37. The average Bonchev–Trinajstić information content (AvgIpc) is 2.59. The number of aromatic nitrogens is 2. The van der Waals surface area contributed by atoms with Gasteiger partial charge in [-0.1, -0.05) is 36.7 Å². The Morgan fingerprint density at radius 3 is 2.50 bits per heavy atom. The van der Waals surface area contributed by atoms with E-state index in [1.165, 1.54) is 11.3 Å². The van der Waals surface area contributed by atoms with Crippen molar-refractivity contribution in [2.24, 2.45) is 0 Å². The Hall–Kier alpha value is -0.310. The van der Waals surface area contributed by atoms with E-state index in [9.17, 15) is 0 Å². The van der Waals surface area contributed by atoms with Gasteiger partial charge in [0.15, 0.2) is 0 Å². The van der Waals surface area contributed by atoms with E-state index in [0.717, 1.165) is 11.8 Å². The summed E-state index contributed by atoms with van der Waals surface area (Å²) in [5.41, 5.74) is 2.69. The van der Waals surface area contributed by atoms with E-state index in [4.69, 9.17) is 0 Å². The second-order valence-corrected chi connectivity index (χ2v) is 4.61. The van der Waals surface area contributed by atoms with Crippen molar-refractivity contribution in [1.29, 1.82) is 0 Å². The molecule has 1 heterocycles. The van der Waals surface area contributed by atoms with Crippen LogP contribution < -0.4 is 0 Å². The molecule has 14 heavy (non-hydrogen) atoms. The van der Waals surface area contributed by atoms with Gasteiger partial charge in [0, 0.05) is 22.6 Å². The minimum atomic E-state index is 0.500. The van der Waals surface area contributed by atoms with Crippen LogP contribution in [-0.4, -0.2) is 9.78 Å². The Morgan fingerprint density at radius 1 is 1.43 bits per heavy atom. The van der Waals surface area contributed by atoms with Crippen LogP contribution in [-0.2, 0) is 5.33 Å². The van der Waals surface area contributed by atoms with Gasteiger partial charge >= 0.3 is 0 Å². The molecule has 3 heteroatoms. The van der Waals surface area contributed by atoms with Gasteiger partial charge in [-0.15, -0.1) is 0 Å². The molecule has 0 aromatic carbocycles. The number of halogens is 1. The Bertz CT molecular complexity index is 291. The Kier molecular flexibility index (Phi) is 4.17. The molecule has 1 atom stereocenters. The van der Waals surface area contributed by atoms with Crippen LogP contribution >= 0.6 is 15.9 Å². The van der Waals surface area contributed by atoms with Crippen molar-refractivity contribution in [2.75, 3.05) is 0 Å². The maximum atomic E-state index is 4.47. The molecule has 0 aliphatic rings. The zero-order valence-corrected chi connectivity index (χ0v) is 11.0. The fourth-order valence-corrected chi connectivity index (χ4v) is 2.10. The number of nitrogens with zero attached hydrogens (tertiary/aromatic N) is 2. The van der Waals surface area contributed by atoms with Crippen LogP contribution in [0.2, 0.25) is 0 Å². The predicted molar refractivity (Wildman–Crippen MR) is 63.9 cm³/mol. The zero-order valence-electron chi connectivity index (χ0n) is 9.42. The van der Waals surface area contributed by atoms with Gasteiger partial charge in [-0.25, -0.2) is 0 Å². The van der Waals surface area contributed by atoms with Crippen molar-refractivity contribution in [3.63, 3.8) is 0 Å². The Labute approximate surface area is 94.8 Å². The first kappa shape index (κ1) is 11.8. The third-order valence-corrected chi connectivity index (χ3v) is 3.22. The SMILES string of the molecule is CCC(C)n1ncc(CBr)c1C(C)C. The maximum Gasteiger partial charge on any atom is 0.0533 e. The molecule has 1 aromatic heterocycles. The highest BCUT2D eigenvalue weighted by atomic mass is 79.9. The molecule has 0 radical (unpaired) electrons. The van der Waals surface area contributed by atoms with E-state index in [2.05, 4.69) is 53.4 Å². The van der Waals surface area contributed by atoms with Crippen molar-refractivity contribution in [2.45, 2.75) is 51.4 Å². The summed E-state index contributed by atoms with van der Waals surface area (Å²) in [6.07, 6.45) is 3.11. The molecule has 0 fully saturated rings. The summed E-state index contributed by atoms with van der Waals surface area (Å²) in [6.45, 7) is 8.87. The molecule has 1 aromatic rings. The Balaban J connectivity index is 3.10. The largest absolute Gasteiger partial charge is 0.266 e. The van der Waals surface area contributed by atoms with Gasteiger partial charge in [-0.3, -0.25) is 4.68 Å². The van der Waals surface area contributed by atoms with Crippen LogP contribution in [0.3, 0.4) is 0 Å². The van der Waals surface area contributed by atoms with Crippen molar-refractivity contribution in [3.8, 4) is 0 Å². The summed E-state index contributed by atoms with van der Waals surface area (Å²) < 4.78 is 2.17. The highest BCUT2D eigenvalue weighted by Crippen LogP contribution is 2.25. The van der Waals surface area contributed by atoms with Crippen LogP contribution in [0.5, 0.6) is 0 Å². The average molecular weight is 259 g/mol. The van der Waals surface area contributed by atoms with Gasteiger partial charge in [0.1, 0.15) is 0 Å². The van der Waals surface area contributed by atoms with Gasteiger partial charge in [0.25, 0.3) is 0 Å². The van der Waals surface area contributed by atoms with Crippen LogP contribution in [0.15, 0.2) is 6.20 Å². The number of alkyl halides is 1. The molecule has 0 N–H and O–H groups in total. The monoisotopic (exact) mass is 258 g/mol. The number of hydrogen-bond donors (Lipinski definition) is 0. The lowest BCUT2D eigenvalue weighted by molar-refractivity contribution is 0.451. The summed E-state index contributed by atoms with van der Waals surface area (Å²) in [5.74, 6) is 0.541. The third kappa shape index (κ3) is 2.19. The molecular weight excluding hydrogens is 240 g/mol. The number of hydrogen-bond acceptors (Lipinski definition) is 1. The second-order valence-electron chi connectivity index (χ2n) is 4.05. The lowest BCUT2D eigenvalue weighted by Crippen LogP contribution is -2.11. The third-order valence-electron chi connectivity index (χ3n) is 2.61. The van der Waals surface area contributed by atoms with E-state index in [-0.39, 0.29) is 0 Å². The molecular formula is C11H19BrN2. The smallest absolute Gasteiger partial charge is 0.0533 e. The second kappa shape index (κ2) is 4.96. The molecule has 80 valence electrons. The molecule has 1 rings (SSSR count). The maximum absolute atomic E-state index is 4.47. The summed E-state index contributed by atoms with van der Waals surface area (Å²) in [7, 11) is 0. The van der Waals surface area contributed by atoms with Gasteiger partial charge in [0.2, 0.25) is 0 Å². The van der Waals surface area contributed by atoms with E-state index in [0.29, 0.717) is 12.0 Å². The minimum Gasteiger partial charge on any atom is -0.266 e. The zero-order chi connectivity index (χ0) is 10.7. The quantitative estimate of drug-likeness (QED) is 0.750. The lowest BCUT2D eigenvalue weighted by Gasteiger charge is -2.17. The van der Waals surface area contributed by atoms with Gasteiger partial charge in [-0.05, 0) is 19.3 Å². The lowest BCUT2D eigenvalue weighted by atomic mass is 10.1. The fraction of sp³-hybridized carbons (Fsp3) is 0.727. The molecule has 0 bridgehead atoms. The van der Waals surface area contributed by atoms with Crippen molar-refractivity contribution >= 4 is 15.9 Å². The molecule has 0 amide bonds. The van der Waals surface area contributed by atoms with Gasteiger partial charge in [-0.2, -0.15) is 5.10 Å². The molecule has 0 saturated heterocycles. The predicted octanol–water partition coefficient (Wildman–Crippen LogP) is 3.87. The topological polar surface area (TPSA) is 17.8 Å². The molecule has 0 aliphatic heterocycles. The minimum absolute atomic E-state index is 0.500. The van der Waals surface area contributed by atoms with E-state index in [1.54, 1.807) is 0 Å². The fourth-order valence-electron chi connectivity index (χ4n) is 1.67. The first-order valence-corrected chi connectivity index (χ1v) is 6.36. The first-order chi connectivity index (χ1) is 6.61. The van der Waals surface area contributed by atoms with Crippen LogP contribution in [0.4, 0.5) is 0 Å². The van der Waals surface area contributed by atoms with Crippen molar-refractivity contribution in [3.05, 3.63) is 17.5 Å². The standard InChI is InChI=1S/C11H19BrN2/c1-5-9(4)14-11(8(2)3)10(6-12)7-13-14/h7-9H,5-6H2,1-4H3. The van der Waals surface area contributed by atoms with Crippen molar-refractivity contribution < 1.29 is 0 Å². The summed E-state index contributed by atoms with van der Waals surface area (Å²) >= 11 is 3.51. The summed E-state index contributed by atoms with van der Waals surface area (Å²) in [4.78, 5) is 0. The molecule has 0 saturated carbocycles. The van der Waals surface area contributed by atoms with E-state index >= 15 is 0 Å². The highest BCUT2D eigenvalue weighted by molar-refractivity contribution is 9.08.